The van der Waals surface area contributed by atoms with Gasteiger partial charge in [0.2, 0.25) is 5.91 Å². The molecule has 0 spiro atoms. The minimum atomic E-state index is -1.73. The van der Waals surface area contributed by atoms with Crippen molar-refractivity contribution in [3.8, 4) is 142 Å². The van der Waals surface area contributed by atoms with E-state index in [1.165, 1.54) is 44.9 Å². The monoisotopic (exact) mass is 940 g/mol. The average Bonchev–Trinajstić information content (AvgIpc) is 3.36. The summed E-state index contributed by atoms with van der Waals surface area (Å²) in [5.41, 5.74) is 0.974. The summed E-state index contributed by atoms with van der Waals surface area (Å²) < 4.78 is 11.5. The number of aliphatic hydroxyl groups excluding tert-OH is 5. The number of hydrogen-bond donors (Lipinski definition) is 7. The molecule has 1 aliphatic heterocycles. The van der Waals surface area contributed by atoms with E-state index >= 15 is 0 Å². The maximum Gasteiger partial charge on any atom is 0.297 e. The summed E-state index contributed by atoms with van der Waals surface area (Å²) in [6, 6.07) is 8.17. The van der Waals surface area contributed by atoms with Gasteiger partial charge in [-0.05, 0) is 120 Å². The molecule has 7 N–H and O–H groups in total. The molecule has 0 saturated carbocycles. The summed E-state index contributed by atoms with van der Waals surface area (Å²) in [6.45, 7) is 3.18. The number of amides is 2. The lowest BCUT2D eigenvalue weighted by Crippen LogP contribution is -2.61. The van der Waals surface area contributed by atoms with Gasteiger partial charge in [-0.3, -0.25) is 9.59 Å². The molecule has 1 aromatic rings. The number of carbonyl (C=O) groups excluding carboxylic acids is 2. The van der Waals surface area contributed by atoms with Crippen LogP contribution in [-0.4, -0.2) is 99.5 Å². The van der Waals surface area contributed by atoms with Crippen LogP contribution >= 0.6 is 0 Å². The molecule has 2 amide bonds. The Morgan fingerprint density at radius 2 is 1.07 bits per heavy atom. The fourth-order valence-electron chi connectivity index (χ4n) is 6.47. The standard InChI is InChI=1S/C59H60N2O9/c1-3-5-7-9-11-13-15-17-18-19-20-21-22-23-24-25-26-27-29-31-33-35-40-44-54(64)61-50(55(65)51(62)43-39-34-32-30-28-16-14-12-10-8-6-4-2)48-69-59-58(68)57(67)56(66)52(70-59)47-60-53(63)46-45-49-41-37-36-38-42-49/h36-38,41-42,50-52,55-59,62,65-68H,4,6,8,10,12,14,16,28,30,32,34,39,43,45-48H2,1-2H3,(H,60,63)(H,61,64)/t50-,51+,52?,55-,56-,57-,58?,59-/m0/s1. The van der Waals surface area contributed by atoms with Crippen molar-refractivity contribution in [2.45, 2.75) is 159 Å². The van der Waals surface area contributed by atoms with Crippen LogP contribution in [0, 0.1) is 142 Å². The van der Waals surface area contributed by atoms with Crippen LogP contribution in [0.15, 0.2) is 30.3 Å². The molecule has 1 fully saturated rings. The Bertz CT molecular complexity index is 2610. The summed E-state index contributed by atoms with van der Waals surface area (Å²) >= 11 is 0. The zero-order chi connectivity index (χ0) is 50.7. The molecule has 1 aliphatic rings. The van der Waals surface area contributed by atoms with Crippen molar-refractivity contribution in [2.24, 2.45) is 0 Å². The molecule has 2 rings (SSSR count). The summed E-state index contributed by atoms with van der Waals surface area (Å²) in [4.78, 5) is 25.5. The van der Waals surface area contributed by atoms with Crippen LogP contribution < -0.4 is 10.6 Å². The van der Waals surface area contributed by atoms with Crippen molar-refractivity contribution in [1.29, 1.82) is 0 Å². The molecule has 360 valence electrons. The first-order chi connectivity index (χ1) is 34.2. The van der Waals surface area contributed by atoms with Gasteiger partial charge in [0, 0.05) is 54.4 Å². The van der Waals surface area contributed by atoms with Gasteiger partial charge in [-0.2, -0.15) is 0 Å². The first kappa shape index (κ1) is 58.7. The second kappa shape index (κ2) is 39.6. The number of aryl methyl sites for hydroxylation is 1. The molecule has 0 bridgehead atoms. The van der Waals surface area contributed by atoms with Gasteiger partial charge in [0.15, 0.2) is 6.29 Å². The Hall–Kier alpha value is -7.40. The number of unbranched alkanes of at least 4 members (excludes halogenated alkanes) is 11. The van der Waals surface area contributed by atoms with Crippen molar-refractivity contribution >= 4 is 11.8 Å². The topological polar surface area (TPSA) is 178 Å². The fraction of sp³-hybridized carbons (Fsp3) is 0.458. The van der Waals surface area contributed by atoms with Crippen molar-refractivity contribution in [1.82, 2.24) is 10.6 Å². The zero-order valence-corrected chi connectivity index (χ0v) is 39.9. The Morgan fingerprint density at radius 3 is 1.56 bits per heavy atom. The Morgan fingerprint density at radius 1 is 0.614 bits per heavy atom. The quantitative estimate of drug-likeness (QED) is 0.0607. The molecule has 2 unspecified atom stereocenters. The van der Waals surface area contributed by atoms with E-state index in [2.05, 4.69) is 160 Å². The zero-order valence-electron chi connectivity index (χ0n) is 39.9. The van der Waals surface area contributed by atoms with Crippen molar-refractivity contribution in [2.75, 3.05) is 13.2 Å². The van der Waals surface area contributed by atoms with E-state index in [-0.39, 0.29) is 25.3 Å². The smallest absolute Gasteiger partial charge is 0.297 e. The number of ether oxygens (including phenoxy) is 2. The second-order valence-corrected chi connectivity index (χ2v) is 15.6. The second-order valence-electron chi connectivity index (χ2n) is 15.6. The third-order valence-corrected chi connectivity index (χ3v) is 10.2. The van der Waals surface area contributed by atoms with Crippen molar-refractivity contribution in [3.05, 3.63) is 35.9 Å². The number of benzene rings is 1. The lowest BCUT2D eigenvalue weighted by Gasteiger charge is -2.41. The maximum atomic E-state index is 12.9. The van der Waals surface area contributed by atoms with E-state index in [4.69, 9.17) is 9.47 Å². The SMILES string of the molecule is CC#CC#CC#CC#CC#CC#CC#CC#CC#CC#CC#CC#CC(=O)N[C@@H](CO[C@H]1OC(CNC(=O)CCc2ccccc2)[C@H](O)[C@H](O)C1O)[C@H](O)[C@H](O)CCCCCCCCCCCCCC. The molecule has 1 heterocycles. The van der Waals surface area contributed by atoms with Gasteiger partial charge in [-0.1, -0.05) is 120 Å². The first-order valence-electron chi connectivity index (χ1n) is 23.4. The van der Waals surface area contributed by atoms with Crippen LogP contribution in [0.5, 0.6) is 0 Å². The van der Waals surface area contributed by atoms with Crippen molar-refractivity contribution < 1.29 is 44.6 Å². The molecule has 11 heteroatoms. The Labute approximate surface area is 415 Å². The highest BCUT2D eigenvalue weighted by atomic mass is 16.7. The summed E-state index contributed by atoms with van der Waals surface area (Å²) in [7, 11) is 0. The molecule has 0 aliphatic carbocycles. The van der Waals surface area contributed by atoms with Gasteiger partial charge in [0.1, 0.15) is 30.5 Å². The molecule has 70 heavy (non-hydrogen) atoms. The number of nitrogens with one attached hydrogen (secondary N) is 2. The third kappa shape index (κ3) is 28.7. The molecular weight excluding hydrogens is 881 g/mol. The molecule has 0 radical (unpaired) electrons. The normalized spacial score (nSPS) is 16.8. The molecule has 8 atom stereocenters. The van der Waals surface area contributed by atoms with Crippen LogP contribution in [0.3, 0.4) is 0 Å². The summed E-state index contributed by atoms with van der Waals surface area (Å²) in [6.07, 6.45) is 3.95. The van der Waals surface area contributed by atoms with Gasteiger partial charge < -0.3 is 45.6 Å². The third-order valence-electron chi connectivity index (χ3n) is 10.2. The van der Waals surface area contributed by atoms with E-state index < -0.39 is 61.5 Å². The first-order valence-corrected chi connectivity index (χ1v) is 23.4. The predicted octanol–water partition coefficient (Wildman–Crippen LogP) is 2.92. The number of rotatable bonds is 24. The fourth-order valence-corrected chi connectivity index (χ4v) is 6.47. The van der Waals surface area contributed by atoms with Crippen LogP contribution in [0.2, 0.25) is 0 Å². The van der Waals surface area contributed by atoms with Crippen LogP contribution in [0.25, 0.3) is 0 Å². The van der Waals surface area contributed by atoms with Gasteiger partial charge in [0.05, 0.1) is 18.8 Å². The largest absolute Gasteiger partial charge is 0.390 e. The molecule has 1 aromatic carbocycles. The van der Waals surface area contributed by atoms with Gasteiger partial charge in [0.25, 0.3) is 5.91 Å². The Kier molecular flexibility index (Phi) is 33.2. The van der Waals surface area contributed by atoms with Crippen molar-refractivity contribution in [3.63, 3.8) is 0 Å². The average molecular weight is 941 g/mol. The van der Waals surface area contributed by atoms with E-state index in [0.717, 1.165) is 31.2 Å². The minimum absolute atomic E-state index is 0.168. The van der Waals surface area contributed by atoms with Crippen LogP contribution in [-0.2, 0) is 25.5 Å². The number of carbonyl (C=O) groups is 2. The highest BCUT2D eigenvalue weighted by molar-refractivity contribution is 5.94. The Balaban J connectivity index is 2.00. The maximum absolute atomic E-state index is 12.9. The van der Waals surface area contributed by atoms with Crippen LogP contribution in [0.4, 0.5) is 0 Å². The highest BCUT2D eigenvalue weighted by Gasteiger charge is 2.45. The van der Waals surface area contributed by atoms with E-state index in [0.29, 0.717) is 12.8 Å². The lowest BCUT2D eigenvalue weighted by molar-refractivity contribution is -0.297. The molecule has 1 saturated heterocycles. The van der Waals surface area contributed by atoms with Gasteiger partial charge >= 0.3 is 0 Å². The predicted molar refractivity (Wildman–Crippen MR) is 269 cm³/mol. The minimum Gasteiger partial charge on any atom is -0.390 e. The lowest BCUT2D eigenvalue weighted by atomic mass is 9.98. The van der Waals surface area contributed by atoms with Crippen LogP contribution in [0.1, 0.15) is 109 Å². The summed E-state index contributed by atoms with van der Waals surface area (Å²) in [5, 5.41) is 59.5. The highest BCUT2D eigenvalue weighted by Crippen LogP contribution is 2.23. The van der Waals surface area contributed by atoms with Gasteiger partial charge in [-0.25, -0.2) is 0 Å². The molecule has 0 aromatic heterocycles. The molecular formula is C59H60N2O9. The van der Waals surface area contributed by atoms with E-state index in [9.17, 15) is 35.1 Å². The summed E-state index contributed by atoms with van der Waals surface area (Å²) in [5.74, 6) is 58.4. The number of hydrogen-bond acceptors (Lipinski definition) is 9. The molecule has 11 nitrogen and oxygen atoms in total. The van der Waals surface area contributed by atoms with Gasteiger partial charge in [-0.15, -0.1) is 0 Å². The number of aliphatic hydroxyl groups is 5. The van der Waals surface area contributed by atoms with E-state index in [1.54, 1.807) is 6.92 Å². The van der Waals surface area contributed by atoms with E-state index in [1.807, 2.05) is 30.3 Å².